The predicted octanol–water partition coefficient (Wildman–Crippen LogP) is 6.48. The molecule has 1 unspecified atom stereocenters. The fourth-order valence-electron chi connectivity index (χ4n) is 4.22. The van der Waals surface area contributed by atoms with E-state index in [0.29, 0.717) is 61.1 Å². The Kier molecular flexibility index (Phi) is 9.13. The highest BCUT2D eigenvalue weighted by atomic mass is 35.5. The van der Waals surface area contributed by atoms with Crippen molar-refractivity contribution in [2.75, 3.05) is 31.1 Å². The van der Waals surface area contributed by atoms with E-state index in [1.54, 1.807) is 17.0 Å². The van der Waals surface area contributed by atoms with Crippen LogP contribution >= 0.6 is 23.2 Å². The van der Waals surface area contributed by atoms with Gasteiger partial charge in [0.1, 0.15) is 0 Å². The largest absolute Gasteiger partial charge is 0.416 e. The molecule has 1 aliphatic rings. The van der Waals surface area contributed by atoms with Crippen molar-refractivity contribution in [3.8, 4) is 0 Å². The van der Waals surface area contributed by atoms with E-state index in [1.807, 2.05) is 17.9 Å². The van der Waals surface area contributed by atoms with Crippen LogP contribution in [0.25, 0.3) is 0 Å². The first-order chi connectivity index (χ1) is 16.1. The Bertz CT molecular complexity index is 992. The zero-order chi connectivity index (χ0) is 24.9. The number of aryl methyl sites for hydroxylation is 1. The van der Waals surface area contributed by atoms with Gasteiger partial charge in [-0.25, -0.2) is 0 Å². The molecule has 1 atom stereocenters. The molecule has 0 spiro atoms. The zero-order valence-electron chi connectivity index (χ0n) is 19.2. The highest BCUT2D eigenvalue weighted by molar-refractivity contribution is 6.35. The van der Waals surface area contributed by atoms with Gasteiger partial charge in [0.05, 0.1) is 5.56 Å². The molecule has 0 aliphatic carbocycles. The van der Waals surface area contributed by atoms with Gasteiger partial charge in [-0.3, -0.25) is 4.79 Å². The number of anilines is 1. The van der Waals surface area contributed by atoms with Crippen molar-refractivity contribution in [1.82, 2.24) is 4.90 Å². The topological polar surface area (TPSA) is 49.6 Å². The quantitative estimate of drug-likeness (QED) is 0.437. The van der Waals surface area contributed by atoms with Crippen molar-refractivity contribution in [3.63, 3.8) is 0 Å². The number of alkyl halides is 3. The van der Waals surface area contributed by atoms with Gasteiger partial charge < -0.3 is 15.5 Å². The number of rotatable bonds is 8. The first-order valence-electron chi connectivity index (χ1n) is 11.5. The van der Waals surface area contributed by atoms with Crippen LogP contribution in [0.2, 0.25) is 10.0 Å². The van der Waals surface area contributed by atoms with Gasteiger partial charge in [0.15, 0.2) is 0 Å². The molecule has 0 radical (unpaired) electrons. The molecule has 4 nitrogen and oxygen atoms in total. The van der Waals surface area contributed by atoms with E-state index in [1.165, 1.54) is 12.1 Å². The maximum absolute atomic E-state index is 13.3. The Balaban J connectivity index is 1.65. The van der Waals surface area contributed by atoms with Crippen LogP contribution in [-0.2, 0) is 17.4 Å². The highest BCUT2D eigenvalue weighted by Gasteiger charge is 2.32. The van der Waals surface area contributed by atoms with E-state index >= 15 is 0 Å². The lowest BCUT2D eigenvalue weighted by Crippen LogP contribution is -2.49. The maximum atomic E-state index is 13.3. The van der Waals surface area contributed by atoms with Crippen molar-refractivity contribution in [1.29, 1.82) is 0 Å². The number of benzene rings is 2. The summed E-state index contributed by atoms with van der Waals surface area (Å²) in [5, 5.41) is 1.09. The van der Waals surface area contributed by atoms with Crippen LogP contribution in [0.1, 0.15) is 55.3 Å². The third-order valence-electron chi connectivity index (χ3n) is 6.22. The Hall–Kier alpha value is -1.96. The van der Waals surface area contributed by atoms with Crippen LogP contribution in [0.5, 0.6) is 0 Å². The number of carbonyl (C=O) groups excluding carboxylic acids is 1. The number of nitrogens with two attached hydrogens (primary N) is 1. The first kappa shape index (κ1) is 26.6. The van der Waals surface area contributed by atoms with Gasteiger partial charge in [0.25, 0.3) is 0 Å². The Morgan fingerprint density at radius 1 is 1.09 bits per heavy atom. The van der Waals surface area contributed by atoms with E-state index in [9.17, 15) is 18.0 Å². The molecule has 1 fully saturated rings. The molecule has 0 bridgehead atoms. The molecule has 3 rings (SSSR count). The minimum absolute atomic E-state index is 0.0259. The third-order valence-corrected chi connectivity index (χ3v) is 6.81. The average molecular weight is 516 g/mol. The number of nitrogens with zero attached hydrogens (tertiary/aromatic N) is 2. The minimum atomic E-state index is -4.42. The molecule has 0 saturated carbocycles. The molecule has 2 aromatic carbocycles. The Labute approximate surface area is 208 Å². The van der Waals surface area contributed by atoms with E-state index < -0.39 is 17.8 Å². The monoisotopic (exact) mass is 515 g/mol. The number of unbranched alkanes of at least 4 members (excludes halogenated alkanes) is 1. The van der Waals surface area contributed by atoms with Gasteiger partial charge in [0, 0.05) is 54.4 Å². The van der Waals surface area contributed by atoms with Gasteiger partial charge in [-0.2, -0.15) is 13.2 Å². The van der Waals surface area contributed by atoms with Crippen molar-refractivity contribution >= 4 is 34.8 Å². The van der Waals surface area contributed by atoms with Crippen LogP contribution in [0, 0.1) is 0 Å². The van der Waals surface area contributed by atoms with Crippen molar-refractivity contribution in [2.45, 2.75) is 51.2 Å². The molecule has 0 aromatic heterocycles. The summed E-state index contributed by atoms with van der Waals surface area (Å²) in [6.45, 7) is 4.09. The summed E-state index contributed by atoms with van der Waals surface area (Å²) < 4.78 is 40.0. The fourth-order valence-corrected chi connectivity index (χ4v) is 4.72. The molecule has 186 valence electrons. The SMILES string of the molecule is CCCCC(N)c1cc(C(F)(F)F)ccc1N1CCN(C(=O)CCc2ccc(Cl)cc2Cl)CC1. The fraction of sp³-hybridized carbons (Fsp3) is 0.480. The molecule has 34 heavy (non-hydrogen) atoms. The van der Waals surface area contributed by atoms with Gasteiger partial charge in [0.2, 0.25) is 5.91 Å². The minimum Gasteiger partial charge on any atom is -0.368 e. The summed E-state index contributed by atoms with van der Waals surface area (Å²) >= 11 is 12.1. The molecular formula is C25H30Cl2F3N3O. The third kappa shape index (κ3) is 6.80. The molecular weight excluding hydrogens is 486 g/mol. The standard InChI is InChI=1S/C25H30Cl2F3N3O/c1-2-3-4-22(31)20-15-18(25(28,29)30)7-9-23(20)32-11-13-33(14-12-32)24(34)10-6-17-5-8-19(26)16-21(17)27/h5,7-9,15-16,22H,2-4,6,10-14,31H2,1H3. The van der Waals surface area contributed by atoms with E-state index in [4.69, 9.17) is 28.9 Å². The second-order valence-corrected chi connectivity index (χ2v) is 9.47. The number of hydrogen-bond donors (Lipinski definition) is 1. The Morgan fingerprint density at radius 2 is 1.79 bits per heavy atom. The number of halogens is 5. The van der Waals surface area contributed by atoms with Gasteiger partial charge in [-0.05, 0) is 54.3 Å². The van der Waals surface area contributed by atoms with Crippen LogP contribution in [-0.4, -0.2) is 37.0 Å². The molecule has 9 heteroatoms. The first-order valence-corrected chi connectivity index (χ1v) is 12.3. The summed E-state index contributed by atoms with van der Waals surface area (Å²) in [4.78, 5) is 16.6. The average Bonchev–Trinajstić information content (AvgIpc) is 2.81. The summed E-state index contributed by atoms with van der Waals surface area (Å²) in [5.74, 6) is 0.0259. The van der Waals surface area contributed by atoms with Crippen molar-refractivity contribution in [3.05, 3.63) is 63.1 Å². The van der Waals surface area contributed by atoms with Gasteiger partial charge in [-0.1, -0.05) is 49.0 Å². The molecule has 1 saturated heterocycles. The second-order valence-electron chi connectivity index (χ2n) is 8.62. The van der Waals surface area contributed by atoms with Gasteiger partial charge in [-0.15, -0.1) is 0 Å². The molecule has 2 aromatic rings. The summed E-state index contributed by atoms with van der Waals surface area (Å²) in [5.41, 5.74) is 7.73. The highest BCUT2D eigenvalue weighted by Crippen LogP contribution is 2.36. The van der Waals surface area contributed by atoms with Gasteiger partial charge >= 0.3 is 6.18 Å². The number of hydrogen-bond acceptors (Lipinski definition) is 3. The van der Waals surface area contributed by atoms with Crippen LogP contribution in [0.3, 0.4) is 0 Å². The van der Waals surface area contributed by atoms with Crippen molar-refractivity contribution < 1.29 is 18.0 Å². The summed E-state index contributed by atoms with van der Waals surface area (Å²) in [6, 6.07) is 8.57. The van der Waals surface area contributed by atoms with E-state index in [2.05, 4.69) is 0 Å². The number of amides is 1. The normalized spacial score (nSPS) is 15.5. The van der Waals surface area contributed by atoms with E-state index in [0.717, 1.165) is 30.2 Å². The predicted molar refractivity (Wildman–Crippen MR) is 131 cm³/mol. The van der Waals surface area contributed by atoms with Crippen molar-refractivity contribution in [2.24, 2.45) is 5.73 Å². The molecule has 1 aliphatic heterocycles. The lowest BCUT2D eigenvalue weighted by atomic mass is 9.96. The number of carbonyl (C=O) groups is 1. The zero-order valence-corrected chi connectivity index (χ0v) is 20.7. The maximum Gasteiger partial charge on any atom is 0.416 e. The Morgan fingerprint density at radius 3 is 2.41 bits per heavy atom. The molecule has 1 amide bonds. The lowest BCUT2D eigenvalue weighted by molar-refractivity contribution is -0.137. The van der Waals surface area contributed by atoms with Crippen LogP contribution in [0.4, 0.5) is 18.9 Å². The van der Waals surface area contributed by atoms with Crippen LogP contribution < -0.4 is 10.6 Å². The summed E-state index contributed by atoms with van der Waals surface area (Å²) in [6.07, 6.45) is -1.19. The van der Waals surface area contributed by atoms with Crippen LogP contribution in [0.15, 0.2) is 36.4 Å². The smallest absolute Gasteiger partial charge is 0.368 e. The molecule has 1 heterocycles. The number of piperazine rings is 1. The van der Waals surface area contributed by atoms with E-state index in [-0.39, 0.29) is 5.91 Å². The molecule has 2 N–H and O–H groups in total. The second kappa shape index (κ2) is 11.6. The lowest BCUT2D eigenvalue weighted by Gasteiger charge is -2.38. The summed E-state index contributed by atoms with van der Waals surface area (Å²) in [7, 11) is 0.